The maximum atomic E-state index is 10.5. The molecular weight excluding hydrogens is 134 g/mol. The number of carbonyl (C=O) groups excluding carboxylic acids is 2. The van der Waals surface area contributed by atoms with Crippen molar-refractivity contribution in [3.63, 3.8) is 0 Å². The molecule has 0 saturated heterocycles. The predicted molar refractivity (Wildman–Crippen MR) is 35.2 cm³/mol. The smallest absolute Gasteiger partial charge is 0.211 e. The summed E-state index contributed by atoms with van der Waals surface area (Å²) in [6.07, 6.45) is 0.344. The summed E-state index contributed by atoms with van der Waals surface area (Å²) in [6.45, 7) is 2.58. The highest BCUT2D eigenvalue weighted by Crippen LogP contribution is 1.95. The quantitative estimate of drug-likeness (QED) is 0.335. The molecule has 1 amide bonds. The largest absolute Gasteiger partial charge is 0.510 e. The molecule has 0 saturated carbocycles. The van der Waals surface area contributed by atoms with E-state index in [1.165, 1.54) is 13.8 Å². The van der Waals surface area contributed by atoms with Crippen LogP contribution in [0.4, 0.5) is 0 Å². The number of hydrogen-bond acceptors (Lipinski definition) is 3. The highest BCUT2D eigenvalue weighted by atomic mass is 16.3. The third-order valence-corrected chi connectivity index (χ3v) is 0.917. The minimum atomic E-state index is -0.368. The third-order valence-electron chi connectivity index (χ3n) is 0.917. The van der Waals surface area contributed by atoms with Crippen LogP contribution in [0.3, 0.4) is 0 Å². The lowest BCUT2D eigenvalue weighted by Gasteiger charge is -2.00. The number of aliphatic hydroxyl groups is 1. The molecule has 0 aliphatic carbocycles. The predicted octanol–water partition coefficient (Wildman–Crippen LogP) is 0.111. The average Bonchev–Trinajstić information content (AvgIpc) is 1.81. The van der Waals surface area contributed by atoms with Gasteiger partial charge >= 0.3 is 0 Å². The van der Waals surface area contributed by atoms with Gasteiger partial charge in [0.1, 0.15) is 11.5 Å². The van der Waals surface area contributed by atoms with Crippen molar-refractivity contribution in [1.29, 1.82) is 0 Å². The van der Waals surface area contributed by atoms with E-state index in [0.29, 0.717) is 6.41 Å². The summed E-state index contributed by atoms with van der Waals surface area (Å²) in [5.41, 5.74) is -0.0602. The Morgan fingerprint density at radius 2 is 2.00 bits per heavy atom. The molecule has 2 N–H and O–H groups in total. The number of Topliss-reactive ketones (excluding diaryl/α,β-unsaturated/α-hetero) is 1. The van der Waals surface area contributed by atoms with E-state index in [4.69, 9.17) is 5.11 Å². The van der Waals surface area contributed by atoms with Crippen LogP contribution >= 0.6 is 0 Å². The molecule has 0 aromatic heterocycles. The van der Waals surface area contributed by atoms with Gasteiger partial charge in [-0.15, -0.1) is 0 Å². The first kappa shape index (κ1) is 8.68. The van der Waals surface area contributed by atoms with Crippen LogP contribution in [0.15, 0.2) is 11.5 Å². The summed E-state index contributed by atoms with van der Waals surface area (Å²) in [5.74, 6) is -0.549. The fourth-order valence-electron chi connectivity index (χ4n) is 0.520. The first-order valence-corrected chi connectivity index (χ1v) is 2.70. The number of amides is 1. The maximum absolute atomic E-state index is 10.5. The topological polar surface area (TPSA) is 66.4 Å². The average molecular weight is 143 g/mol. The number of ketones is 1. The first-order chi connectivity index (χ1) is 4.59. The monoisotopic (exact) mass is 143 g/mol. The van der Waals surface area contributed by atoms with Gasteiger partial charge in [-0.1, -0.05) is 0 Å². The van der Waals surface area contributed by atoms with Crippen LogP contribution in [0.5, 0.6) is 0 Å². The standard InChI is InChI=1S/C6H9NO3/c1-4(9)6(5(2)10)7-3-8/h3,9H,1-2H3,(H,7,8)/b6-4-. The molecule has 0 rings (SSSR count). The minimum absolute atomic E-state index is 0.0602. The van der Waals surface area contributed by atoms with Crippen molar-refractivity contribution < 1.29 is 14.7 Å². The number of carbonyl (C=O) groups is 2. The first-order valence-electron chi connectivity index (χ1n) is 2.70. The van der Waals surface area contributed by atoms with Crippen LogP contribution in [0.25, 0.3) is 0 Å². The Bertz CT molecular complexity index is 179. The van der Waals surface area contributed by atoms with E-state index in [0.717, 1.165) is 0 Å². The lowest BCUT2D eigenvalue weighted by molar-refractivity contribution is -0.116. The zero-order valence-electron chi connectivity index (χ0n) is 5.84. The summed E-state index contributed by atoms with van der Waals surface area (Å²) in [5, 5.41) is 10.8. The molecule has 0 unspecified atom stereocenters. The fraction of sp³-hybridized carbons (Fsp3) is 0.333. The van der Waals surface area contributed by atoms with E-state index in [9.17, 15) is 9.59 Å². The molecule has 4 nitrogen and oxygen atoms in total. The highest BCUT2D eigenvalue weighted by Gasteiger charge is 2.04. The van der Waals surface area contributed by atoms with Crippen molar-refractivity contribution in [2.24, 2.45) is 0 Å². The van der Waals surface area contributed by atoms with Crippen molar-refractivity contribution in [3.05, 3.63) is 11.5 Å². The molecule has 0 radical (unpaired) electrons. The summed E-state index contributed by atoms with van der Waals surface area (Å²) < 4.78 is 0. The van der Waals surface area contributed by atoms with E-state index >= 15 is 0 Å². The minimum Gasteiger partial charge on any atom is -0.510 e. The van der Waals surface area contributed by atoms with Crippen LogP contribution < -0.4 is 5.32 Å². The lowest BCUT2D eigenvalue weighted by atomic mass is 10.3. The van der Waals surface area contributed by atoms with E-state index < -0.39 is 0 Å². The maximum Gasteiger partial charge on any atom is 0.211 e. The zero-order valence-corrected chi connectivity index (χ0v) is 5.84. The molecule has 4 heteroatoms. The van der Waals surface area contributed by atoms with Gasteiger partial charge in [-0.2, -0.15) is 0 Å². The molecule has 0 atom stereocenters. The molecule has 0 aromatic rings. The summed E-state index contributed by atoms with van der Waals surface area (Å²) >= 11 is 0. The number of aliphatic hydroxyl groups excluding tert-OH is 1. The van der Waals surface area contributed by atoms with E-state index in [-0.39, 0.29) is 17.2 Å². The molecule has 0 spiro atoms. The van der Waals surface area contributed by atoms with Gasteiger partial charge in [0.25, 0.3) is 0 Å². The van der Waals surface area contributed by atoms with Gasteiger partial charge in [0.05, 0.1) is 0 Å². The van der Waals surface area contributed by atoms with Gasteiger partial charge in [0, 0.05) is 6.92 Å². The molecule has 0 aromatic carbocycles. The molecule has 0 bridgehead atoms. The van der Waals surface area contributed by atoms with Crippen LogP contribution in [0.1, 0.15) is 13.8 Å². The Labute approximate surface area is 58.5 Å². The van der Waals surface area contributed by atoms with Crippen molar-refractivity contribution in [1.82, 2.24) is 5.32 Å². The Hall–Kier alpha value is -1.32. The molecule has 0 heterocycles. The summed E-state index contributed by atoms with van der Waals surface area (Å²) in [7, 11) is 0. The molecular formula is C6H9NO3. The Kier molecular flexibility index (Phi) is 3.17. The van der Waals surface area contributed by atoms with Crippen molar-refractivity contribution in [3.8, 4) is 0 Å². The normalized spacial score (nSPS) is 11.8. The SMILES string of the molecule is CC(=O)/C(NC=O)=C(\C)O. The second-order valence-electron chi connectivity index (χ2n) is 1.78. The number of rotatable bonds is 3. The Balaban J connectivity index is 4.42. The highest BCUT2D eigenvalue weighted by molar-refractivity contribution is 5.94. The van der Waals surface area contributed by atoms with Crippen LogP contribution in [0, 0.1) is 0 Å². The van der Waals surface area contributed by atoms with Gasteiger partial charge in [0.15, 0.2) is 5.78 Å². The number of hydrogen-bond donors (Lipinski definition) is 2. The van der Waals surface area contributed by atoms with Gasteiger partial charge in [0.2, 0.25) is 6.41 Å². The van der Waals surface area contributed by atoms with Crippen LogP contribution in [0.2, 0.25) is 0 Å². The van der Waals surface area contributed by atoms with Crippen LogP contribution in [-0.2, 0) is 9.59 Å². The second kappa shape index (κ2) is 3.66. The van der Waals surface area contributed by atoms with E-state index in [1.54, 1.807) is 0 Å². The lowest BCUT2D eigenvalue weighted by Crippen LogP contribution is -2.18. The van der Waals surface area contributed by atoms with Gasteiger partial charge in [-0.05, 0) is 6.92 Å². The number of allylic oxidation sites excluding steroid dienone is 2. The molecule has 10 heavy (non-hydrogen) atoms. The van der Waals surface area contributed by atoms with E-state index in [2.05, 4.69) is 5.32 Å². The van der Waals surface area contributed by atoms with Gasteiger partial charge in [-0.3, -0.25) is 9.59 Å². The van der Waals surface area contributed by atoms with Crippen molar-refractivity contribution >= 4 is 12.2 Å². The van der Waals surface area contributed by atoms with Crippen LogP contribution in [-0.4, -0.2) is 17.3 Å². The number of nitrogens with one attached hydrogen (secondary N) is 1. The summed E-state index contributed by atoms with van der Waals surface area (Å²) in [4.78, 5) is 20.4. The molecule has 0 aliphatic rings. The second-order valence-corrected chi connectivity index (χ2v) is 1.78. The molecule has 0 aliphatic heterocycles. The fourth-order valence-corrected chi connectivity index (χ4v) is 0.520. The van der Waals surface area contributed by atoms with Crippen molar-refractivity contribution in [2.75, 3.05) is 0 Å². The van der Waals surface area contributed by atoms with E-state index in [1.807, 2.05) is 0 Å². The molecule has 56 valence electrons. The Morgan fingerprint density at radius 3 is 2.10 bits per heavy atom. The molecule has 0 fully saturated rings. The third kappa shape index (κ3) is 2.30. The summed E-state index contributed by atoms with van der Waals surface area (Å²) in [6, 6.07) is 0. The Morgan fingerprint density at radius 1 is 1.50 bits per heavy atom. The van der Waals surface area contributed by atoms with Gasteiger partial charge in [-0.25, -0.2) is 0 Å². The van der Waals surface area contributed by atoms with Gasteiger partial charge < -0.3 is 10.4 Å². The van der Waals surface area contributed by atoms with Crippen molar-refractivity contribution in [2.45, 2.75) is 13.8 Å². The zero-order chi connectivity index (χ0) is 8.15.